The van der Waals surface area contributed by atoms with Crippen molar-refractivity contribution in [1.29, 1.82) is 0 Å². The lowest BCUT2D eigenvalue weighted by molar-refractivity contribution is 0.743. The normalized spacial score (nSPS) is 10.1. The van der Waals surface area contributed by atoms with Gasteiger partial charge in [-0.1, -0.05) is 55.9 Å². The van der Waals surface area contributed by atoms with Crippen LogP contribution in [-0.2, 0) is 6.42 Å². The van der Waals surface area contributed by atoms with Crippen molar-refractivity contribution in [3.05, 3.63) is 35.9 Å². The Labute approximate surface area is 104 Å². The molecule has 0 aliphatic carbocycles. The van der Waals surface area contributed by atoms with Crippen LogP contribution in [0.4, 0.5) is 0 Å². The van der Waals surface area contributed by atoms with Crippen molar-refractivity contribution in [2.24, 2.45) is 0 Å². The first kappa shape index (κ1) is 13.2. The molecule has 16 heavy (non-hydrogen) atoms. The number of thiocarbonyl (C=S) groups is 1. The second-order valence-corrected chi connectivity index (χ2v) is 4.54. The highest BCUT2D eigenvalue weighted by Crippen LogP contribution is 2.04. The molecule has 1 N–H and O–H groups in total. The van der Waals surface area contributed by atoms with E-state index in [-0.39, 0.29) is 0 Å². The van der Waals surface area contributed by atoms with E-state index in [1.54, 1.807) is 0 Å². The second-order valence-electron chi connectivity index (χ2n) is 4.04. The smallest absolute Gasteiger partial charge is 0.0753 e. The molecule has 0 aliphatic rings. The van der Waals surface area contributed by atoms with E-state index in [1.165, 1.54) is 18.4 Å². The SMILES string of the molecule is CCCCNC(=S)CCCc1ccccc1. The Bertz CT molecular complexity index is 295. The van der Waals surface area contributed by atoms with E-state index in [0.717, 1.165) is 30.8 Å². The Morgan fingerprint density at radius 1 is 1.19 bits per heavy atom. The largest absolute Gasteiger partial charge is 0.380 e. The lowest BCUT2D eigenvalue weighted by Crippen LogP contribution is -2.22. The Balaban J connectivity index is 2.09. The summed E-state index contributed by atoms with van der Waals surface area (Å²) in [4.78, 5) is 1.02. The molecule has 0 aromatic heterocycles. The summed E-state index contributed by atoms with van der Waals surface area (Å²) in [6.07, 6.45) is 5.70. The van der Waals surface area contributed by atoms with Crippen LogP contribution in [0.5, 0.6) is 0 Å². The van der Waals surface area contributed by atoms with Crippen molar-refractivity contribution in [1.82, 2.24) is 5.32 Å². The van der Waals surface area contributed by atoms with Gasteiger partial charge in [-0.2, -0.15) is 0 Å². The van der Waals surface area contributed by atoms with Crippen molar-refractivity contribution in [3.8, 4) is 0 Å². The molecule has 1 rings (SSSR count). The van der Waals surface area contributed by atoms with Gasteiger partial charge in [0, 0.05) is 6.54 Å². The van der Waals surface area contributed by atoms with Crippen LogP contribution in [0, 0.1) is 0 Å². The molecule has 0 atom stereocenters. The average molecular weight is 235 g/mol. The minimum absolute atomic E-state index is 1.01. The van der Waals surface area contributed by atoms with Gasteiger partial charge >= 0.3 is 0 Å². The van der Waals surface area contributed by atoms with E-state index < -0.39 is 0 Å². The highest BCUT2D eigenvalue weighted by Gasteiger charge is 1.96. The first-order valence-electron chi connectivity index (χ1n) is 6.13. The summed E-state index contributed by atoms with van der Waals surface area (Å²) in [6.45, 7) is 3.22. The summed E-state index contributed by atoms with van der Waals surface area (Å²) in [5.74, 6) is 0. The molecule has 2 heteroatoms. The van der Waals surface area contributed by atoms with Gasteiger partial charge in [0.15, 0.2) is 0 Å². The number of unbranched alkanes of at least 4 members (excludes halogenated alkanes) is 1. The van der Waals surface area contributed by atoms with Gasteiger partial charge < -0.3 is 5.32 Å². The quantitative estimate of drug-likeness (QED) is 0.571. The van der Waals surface area contributed by atoms with Gasteiger partial charge in [-0.25, -0.2) is 0 Å². The highest BCUT2D eigenvalue weighted by atomic mass is 32.1. The fourth-order valence-electron chi connectivity index (χ4n) is 1.59. The predicted molar refractivity (Wildman–Crippen MR) is 74.9 cm³/mol. The van der Waals surface area contributed by atoms with Crippen molar-refractivity contribution < 1.29 is 0 Å². The van der Waals surface area contributed by atoms with Crippen LogP contribution in [-0.4, -0.2) is 11.5 Å². The third kappa shape index (κ3) is 5.86. The number of benzene rings is 1. The molecule has 1 nitrogen and oxygen atoms in total. The third-order valence-corrected chi connectivity index (χ3v) is 2.91. The monoisotopic (exact) mass is 235 g/mol. The summed E-state index contributed by atoms with van der Waals surface area (Å²) in [5.41, 5.74) is 1.40. The van der Waals surface area contributed by atoms with E-state index >= 15 is 0 Å². The molecule has 1 aromatic carbocycles. The topological polar surface area (TPSA) is 12.0 Å². The Kier molecular flexibility index (Phi) is 6.82. The second kappa shape index (κ2) is 8.28. The summed E-state index contributed by atoms with van der Waals surface area (Å²) in [6, 6.07) is 10.6. The molecule has 0 unspecified atom stereocenters. The summed E-state index contributed by atoms with van der Waals surface area (Å²) < 4.78 is 0. The zero-order chi connectivity index (χ0) is 11.6. The van der Waals surface area contributed by atoms with Crippen molar-refractivity contribution in [2.75, 3.05) is 6.54 Å². The van der Waals surface area contributed by atoms with E-state index in [2.05, 4.69) is 42.6 Å². The molecule has 0 saturated heterocycles. The molecular weight excluding hydrogens is 214 g/mol. The fraction of sp³-hybridized carbons (Fsp3) is 0.500. The van der Waals surface area contributed by atoms with Gasteiger partial charge in [0.05, 0.1) is 4.99 Å². The van der Waals surface area contributed by atoms with Gasteiger partial charge in [0.1, 0.15) is 0 Å². The van der Waals surface area contributed by atoms with Gasteiger partial charge in [-0.15, -0.1) is 0 Å². The zero-order valence-electron chi connectivity index (χ0n) is 10.0. The molecule has 1 aromatic rings. The van der Waals surface area contributed by atoms with E-state index in [4.69, 9.17) is 12.2 Å². The zero-order valence-corrected chi connectivity index (χ0v) is 10.9. The minimum Gasteiger partial charge on any atom is -0.380 e. The van der Waals surface area contributed by atoms with Crippen LogP contribution >= 0.6 is 12.2 Å². The highest BCUT2D eigenvalue weighted by molar-refractivity contribution is 7.80. The van der Waals surface area contributed by atoms with Crippen molar-refractivity contribution >= 4 is 17.2 Å². The van der Waals surface area contributed by atoms with Gasteiger partial charge in [-0.3, -0.25) is 0 Å². The van der Waals surface area contributed by atoms with Gasteiger partial charge in [0.2, 0.25) is 0 Å². The molecule has 0 bridgehead atoms. The number of rotatable bonds is 7. The average Bonchev–Trinajstić information content (AvgIpc) is 2.31. The number of aryl methyl sites for hydroxylation is 1. The lowest BCUT2D eigenvalue weighted by atomic mass is 10.1. The van der Waals surface area contributed by atoms with E-state index in [9.17, 15) is 0 Å². The fourth-order valence-corrected chi connectivity index (χ4v) is 1.84. The summed E-state index contributed by atoms with van der Waals surface area (Å²) >= 11 is 5.27. The molecule has 88 valence electrons. The van der Waals surface area contributed by atoms with Crippen LogP contribution in [0.1, 0.15) is 38.2 Å². The maximum atomic E-state index is 5.27. The molecule has 0 amide bonds. The first-order valence-corrected chi connectivity index (χ1v) is 6.54. The van der Waals surface area contributed by atoms with E-state index in [0.29, 0.717) is 0 Å². The van der Waals surface area contributed by atoms with Gasteiger partial charge in [0.25, 0.3) is 0 Å². The van der Waals surface area contributed by atoms with E-state index in [1.807, 2.05) is 0 Å². The number of nitrogens with one attached hydrogen (secondary N) is 1. The Morgan fingerprint density at radius 3 is 2.62 bits per heavy atom. The van der Waals surface area contributed by atoms with Crippen LogP contribution in [0.2, 0.25) is 0 Å². The van der Waals surface area contributed by atoms with Crippen molar-refractivity contribution in [2.45, 2.75) is 39.0 Å². The molecular formula is C14H21NS. The molecule has 0 spiro atoms. The van der Waals surface area contributed by atoms with Crippen LogP contribution < -0.4 is 5.32 Å². The number of hydrogen-bond acceptors (Lipinski definition) is 1. The third-order valence-electron chi connectivity index (χ3n) is 2.56. The van der Waals surface area contributed by atoms with Crippen molar-refractivity contribution in [3.63, 3.8) is 0 Å². The maximum absolute atomic E-state index is 5.27. The van der Waals surface area contributed by atoms with Crippen LogP contribution in [0.3, 0.4) is 0 Å². The number of hydrogen-bond donors (Lipinski definition) is 1. The summed E-state index contributed by atoms with van der Waals surface area (Å²) in [5, 5.41) is 3.30. The molecule has 0 fully saturated rings. The predicted octanol–water partition coefficient (Wildman–Crippen LogP) is 3.73. The molecule has 0 aliphatic heterocycles. The first-order chi connectivity index (χ1) is 7.83. The maximum Gasteiger partial charge on any atom is 0.0753 e. The molecule has 0 saturated carbocycles. The lowest BCUT2D eigenvalue weighted by Gasteiger charge is -2.06. The van der Waals surface area contributed by atoms with Gasteiger partial charge in [-0.05, 0) is 31.2 Å². The summed E-state index contributed by atoms with van der Waals surface area (Å²) in [7, 11) is 0. The Morgan fingerprint density at radius 2 is 1.94 bits per heavy atom. The molecule has 0 radical (unpaired) electrons. The Hall–Kier alpha value is -0.890. The van der Waals surface area contributed by atoms with Crippen LogP contribution in [0.15, 0.2) is 30.3 Å². The standard InChI is InChI=1S/C14H21NS/c1-2-3-12-15-14(16)11-7-10-13-8-5-4-6-9-13/h4-6,8-9H,2-3,7,10-12H2,1H3,(H,15,16). The minimum atomic E-state index is 1.01. The van der Waals surface area contributed by atoms with Crippen LogP contribution in [0.25, 0.3) is 0 Å². The molecule has 0 heterocycles.